The minimum atomic E-state index is -0.0563. The van der Waals surface area contributed by atoms with Crippen molar-refractivity contribution in [1.29, 1.82) is 0 Å². The second-order valence-electron chi connectivity index (χ2n) is 4.85. The molecule has 7 heteroatoms. The van der Waals surface area contributed by atoms with Crippen LogP contribution in [0.5, 0.6) is 0 Å². The van der Waals surface area contributed by atoms with Crippen LogP contribution in [-0.4, -0.2) is 45.6 Å². The quantitative estimate of drug-likeness (QED) is 0.777. The van der Waals surface area contributed by atoms with E-state index < -0.39 is 0 Å². The number of hydrogen-bond acceptors (Lipinski definition) is 4. The van der Waals surface area contributed by atoms with Gasteiger partial charge in [0.25, 0.3) is 0 Å². The molecule has 1 saturated heterocycles. The standard InChI is InChI=1S/C12H19N5O2/c1-9(18)15-11-3-2-4-16(7-11)12(19)8-17-6-10(13)5-14-17/h5-6,11H,2-4,7-8,13H2,1H3,(H,15,18). The Balaban J connectivity index is 1.89. The number of nitrogens with zero attached hydrogens (tertiary/aromatic N) is 3. The summed E-state index contributed by atoms with van der Waals surface area (Å²) in [6, 6.07) is 0.0536. The third kappa shape index (κ3) is 3.70. The van der Waals surface area contributed by atoms with Gasteiger partial charge in [-0.25, -0.2) is 0 Å². The van der Waals surface area contributed by atoms with Crippen LogP contribution in [0.1, 0.15) is 19.8 Å². The van der Waals surface area contributed by atoms with E-state index in [9.17, 15) is 9.59 Å². The molecule has 1 unspecified atom stereocenters. The van der Waals surface area contributed by atoms with Crippen LogP contribution in [0.25, 0.3) is 0 Å². The highest BCUT2D eigenvalue weighted by Gasteiger charge is 2.24. The number of piperidine rings is 1. The first-order valence-corrected chi connectivity index (χ1v) is 6.37. The molecule has 7 nitrogen and oxygen atoms in total. The summed E-state index contributed by atoms with van der Waals surface area (Å²) in [6.07, 6.45) is 4.97. The molecule has 104 valence electrons. The summed E-state index contributed by atoms with van der Waals surface area (Å²) >= 11 is 0. The fourth-order valence-corrected chi connectivity index (χ4v) is 2.31. The van der Waals surface area contributed by atoms with Gasteiger partial charge in [0.1, 0.15) is 6.54 Å². The van der Waals surface area contributed by atoms with Crippen molar-refractivity contribution in [3.63, 3.8) is 0 Å². The molecule has 0 aliphatic carbocycles. The first-order valence-electron chi connectivity index (χ1n) is 6.37. The summed E-state index contributed by atoms with van der Waals surface area (Å²) < 4.78 is 1.53. The molecule has 1 aromatic heterocycles. The Kier molecular flexibility index (Phi) is 4.03. The van der Waals surface area contributed by atoms with Gasteiger partial charge in [-0.3, -0.25) is 14.3 Å². The van der Waals surface area contributed by atoms with E-state index in [-0.39, 0.29) is 24.4 Å². The number of nitrogen functional groups attached to an aromatic ring is 1. The molecule has 19 heavy (non-hydrogen) atoms. The number of aromatic nitrogens is 2. The minimum absolute atomic E-state index is 0.00171. The molecule has 1 fully saturated rings. The lowest BCUT2D eigenvalue weighted by Gasteiger charge is -2.33. The number of nitrogens with one attached hydrogen (secondary N) is 1. The Morgan fingerprint density at radius 1 is 1.58 bits per heavy atom. The first kappa shape index (κ1) is 13.4. The third-order valence-electron chi connectivity index (χ3n) is 3.13. The van der Waals surface area contributed by atoms with Crippen molar-refractivity contribution in [2.24, 2.45) is 0 Å². The lowest BCUT2D eigenvalue weighted by molar-refractivity contribution is -0.134. The van der Waals surface area contributed by atoms with E-state index in [0.29, 0.717) is 12.2 Å². The monoisotopic (exact) mass is 265 g/mol. The topological polar surface area (TPSA) is 93.2 Å². The lowest BCUT2D eigenvalue weighted by Crippen LogP contribution is -2.49. The number of amides is 2. The van der Waals surface area contributed by atoms with Crippen LogP contribution in [0.15, 0.2) is 12.4 Å². The second-order valence-corrected chi connectivity index (χ2v) is 4.85. The van der Waals surface area contributed by atoms with E-state index in [4.69, 9.17) is 5.73 Å². The van der Waals surface area contributed by atoms with Gasteiger partial charge in [0.15, 0.2) is 0 Å². The summed E-state index contributed by atoms with van der Waals surface area (Å²) in [4.78, 5) is 24.9. The minimum Gasteiger partial charge on any atom is -0.396 e. The number of rotatable bonds is 3. The van der Waals surface area contributed by atoms with E-state index >= 15 is 0 Å². The fourth-order valence-electron chi connectivity index (χ4n) is 2.31. The summed E-state index contributed by atoms with van der Waals surface area (Å²) in [5.41, 5.74) is 6.10. The normalized spacial score (nSPS) is 19.2. The molecule has 2 heterocycles. The molecule has 2 amide bonds. The molecular weight excluding hydrogens is 246 g/mol. The van der Waals surface area contributed by atoms with Crippen molar-refractivity contribution in [1.82, 2.24) is 20.0 Å². The number of anilines is 1. The highest BCUT2D eigenvalue weighted by atomic mass is 16.2. The summed E-state index contributed by atoms with van der Waals surface area (Å²) in [6.45, 7) is 2.97. The number of hydrogen-bond donors (Lipinski definition) is 2. The molecule has 2 rings (SSSR count). The van der Waals surface area contributed by atoms with E-state index in [0.717, 1.165) is 19.4 Å². The maximum Gasteiger partial charge on any atom is 0.244 e. The molecule has 0 saturated carbocycles. The molecule has 1 aliphatic heterocycles. The lowest BCUT2D eigenvalue weighted by atomic mass is 10.1. The van der Waals surface area contributed by atoms with Crippen LogP contribution in [0.2, 0.25) is 0 Å². The highest BCUT2D eigenvalue weighted by Crippen LogP contribution is 2.11. The predicted molar refractivity (Wildman–Crippen MR) is 70.1 cm³/mol. The number of nitrogens with two attached hydrogens (primary N) is 1. The van der Waals surface area contributed by atoms with E-state index in [1.807, 2.05) is 0 Å². The fraction of sp³-hybridized carbons (Fsp3) is 0.583. The molecule has 1 atom stereocenters. The number of carbonyl (C=O) groups excluding carboxylic acids is 2. The number of carbonyl (C=O) groups is 2. The van der Waals surface area contributed by atoms with E-state index in [2.05, 4.69) is 10.4 Å². The second kappa shape index (κ2) is 5.73. The first-order chi connectivity index (χ1) is 9.04. The Labute approximate surface area is 111 Å². The van der Waals surface area contributed by atoms with Crippen molar-refractivity contribution < 1.29 is 9.59 Å². The maximum absolute atomic E-state index is 12.1. The van der Waals surface area contributed by atoms with Gasteiger partial charge in [-0.05, 0) is 12.8 Å². The highest BCUT2D eigenvalue weighted by molar-refractivity contribution is 5.76. The molecule has 0 spiro atoms. The zero-order chi connectivity index (χ0) is 13.8. The Morgan fingerprint density at radius 3 is 3.00 bits per heavy atom. The van der Waals surface area contributed by atoms with Gasteiger partial charge in [0, 0.05) is 32.3 Å². The Bertz CT molecular complexity index is 470. The van der Waals surface area contributed by atoms with Crippen molar-refractivity contribution in [3.8, 4) is 0 Å². The Hall–Kier alpha value is -2.05. The van der Waals surface area contributed by atoms with Gasteiger partial charge >= 0.3 is 0 Å². The molecule has 3 N–H and O–H groups in total. The van der Waals surface area contributed by atoms with Crippen LogP contribution in [0, 0.1) is 0 Å². The Morgan fingerprint density at radius 2 is 2.37 bits per heavy atom. The molecule has 0 radical (unpaired) electrons. The molecular formula is C12H19N5O2. The van der Waals surface area contributed by atoms with Crippen molar-refractivity contribution in [3.05, 3.63) is 12.4 Å². The van der Waals surface area contributed by atoms with Gasteiger partial charge in [-0.15, -0.1) is 0 Å². The average Bonchev–Trinajstić information content (AvgIpc) is 2.74. The summed E-state index contributed by atoms with van der Waals surface area (Å²) in [5.74, 6) is -0.0581. The van der Waals surface area contributed by atoms with Crippen molar-refractivity contribution >= 4 is 17.5 Å². The summed E-state index contributed by atoms with van der Waals surface area (Å²) in [7, 11) is 0. The zero-order valence-corrected chi connectivity index (χ0v) is 11.0. The third-order valence-corrected chi connectivity index (χ3v) is 3.13. The van der Waals surface area contributed by atoms with Crippen LogP contribution in [-0.2, 0) is 16.1 Å². The van der Waals surface area contributed by atoms with E-state index in [1.54, 1.807) is 11.1 Å². The zero-order valence-electron chi connectivity index (χ0n) is 11.0. The molecule has 0 bridgehead atoms. The summed E-state index contributed by atoms with van der Waals surface area (Å²) in [5, 5.41) is 6.85. The molecule has 1 aliphatic rings. The van der Waals surface area contributed by atoms with E-state index in [1.165, 1.54) is 17.8 Å². The smallest absolute Gasteiger partial charge is 0.244 e. The van der Waals surface area contributed by atoms with Crippen molar-refractivity contribution in [2.45, 2.75) is 32.4 Å². The van der Waals surface area contributed by atoms with Gasteiger partial charge < -0.3 is 16.0 Å². The van der Waals surface area contributed by atoms with Gasteiger partial charge in [-0.2, -0.15) is 5.10 Å². The van der Waals surface area contributed by atoms with Gasteiger partial charge in [0.2, 0.25) is 11.8 Å². The van der Waals surface area contributed by atoms with Crippen LogP contribution < -0.4 is 11.1 Å². The molecule has 0 aromatic carbocycles. The number of likely N-dealkylation sites (tertiary alicyclic amines) is 1. The van der Waals surface area contributed by atoms with Gasteiger partial charge in [-0.1, -0.05) is 0 Å². The van der Waals surface area contributed by atoms with Crippen LogP contribution in [0.3, 0.4) is 0 Å². The van der Waals surface area contributed by atoms with Crippen LogP contribution in [0.4, 0.5) is 5.69 Å². The SMILES string of the molecule is CC(=O)NC1CCCN(C(=O)Cn2cc(N)cn2)C1. The largest absolute Gasteiger partial charge is 0.396 e. The van der Waals surface area contributed by atoms with Crippen LogP contribution >= 0.6 is 0 Å². The predicted octanol–water partition coefficient (Wildman–Crippen LogP) is -0.408. The van der Waals surface area contributed by atoms with Crippen molar-refractivity contribution in [2.75, 3.05) is 18.8 Å². The van der Waals surface area contributed by atoms with Gasteiger partial charge in [0.05, 0.1) is 11.9 Å². The maximum atomic E-state index is 12.1. The average molecular weight is 265 g/mol. The molecule has 1 aromatic rings.